The number of hydrogen-bond donors (Lipinski definition) is 1. The molecule has 4 nitrogen and oxygen atoms in total. The van der Waals surface area contributed by atoms with E-state index < -0.39 is 5.82 Å². The second-order valence-electron chi connectivity index (χ2n) is 2.65. The first-order valence-corrected chi connectivity index (χ1v) is 4.17. The van der Waals surface area contributed by atoms with Crippen LogP contribution in [0.4, 0.5) is 4.39 Å². The van der Waals surface area contributed by atoms with Gasteiger partial charge in [0.05, 0.1) is 13.2 Å². The zero-order valence-electron chi connectivity index (χ0n) is 7.81. The lowest BCUT2D eigenvalue weighted by Crippen LogP contribution is -1.90. The van der Waals surface area contributed by atoms with Crippen LogP contribution in [0.2, 0.25) is 0 Å². The summed E-state index contributed by atoms with van der Waals surface area (Å²) in [6, 6.07) is 3.96. The Morgan fingerprint density at radius 2 is 2.33 bits per heavy atom. The average molecular weight is 205 g/mol. The maximum Gasteiger partial charge on any atom is 0.123 e. The smallest absolute Gasteiger partial charge is 0.123 e. The van der Waals surface area contributed by atoms with Gasteiger partial charge in [0, 0.05) is 10.5 Å². The molecule has 0 amide bonds. The van der Waals surface area contributed by atoms with Crippen LogP contribution in [0.3, 0.4) is 0 Å². The van der Waals surface area contributed by atoms with E-state index >= 15 is 0 Å². The van der Waals surface area contributed by atoms with Gasteiger partial charge in [-0.05, 0) is 29.3 Å². The summed E-state index contributed by atoms with van der Waals surface area (Å²) in [5, 5.41) is 12.2. The minimum absolute atomic E-state index is 0.0543. The Morgan fingerprint density at radius 1 is 1.53 bits per heavy atom. The largest absolute Gasteiger partial charge is 0.392 e. The van der Waals surface area contributed by atoms with Crippen molar-refractivity contribution in [2.24, 2.45) is 5.11 Å². The summed E-state index contributed by atoms with van der Waals surface area (Å²) >= 11 is 0. The van der Waals surface area contributed by atoms with Crippen molar-refractivity contribution < 1.29 is 9.50 Å². The monoisotopic (exact) mass is 205 g/mol. The lowest BCUT2D eigenvalue weighted by atomic mass is 10.1. The molecule has 0 aliphatic rings. The number of nitrogens with zero attached hydrogens (tertiary/aromatic N) is 3. The molecule has 0 saturated carbocycles. The van der Waals surface area contributed by atoms with E-state index in [4.69, 9.17) is 10.6 Å². The van der Waals surface area contributed by atoms with Gasteiger partial charge in [0.25, 0.3) is 0 Å². The summed E-state index contributed by atoms with van der Waals surface area (Å²) in [5.41, 5.74) is 8.96. The first kappa shape index (κ1) is 11.1. The Hall–Kier alpha value is -2.02. The van der Waals surface area contributed by atoms with Crippen LogP contribution in [-0.2, 0) is 6.61 Å². The number of aliphatic hydroxyl groups excluding tert-OH is 1. The first-order valence-electron chi connectivity index (χ1n) is 4.17. The maximum absolute atomic E-state index is 12.8. The predicted molar refractivity (Wildman–Crippen MR) is 53.2 cm³/mol. The molecule has 1 N–H and O–H groups in total. The molecule has 0 aliphatic carbocycles. The Labute approximate surface area is 86.0 Å². The zero-order chi connectivity index (χ0) is 11.1. The Bertz CT molecular complexity index is 455. The van der Waals surface area contributed by atoms with Gasteiger partial charge in [0.15, 0.2) is 0 Å². The fraction of sp³-hybridized carbons (Fsp3) is 0.200. The molecule has 0 heterocycles. The molecule has 5 heteroatoms. The van der Waals surface area contributed by atoms with E-state index in [9.17, 15) is 4.39 Å². The molecule has 0 fully saturated rings. The molecule has 1 aromatic carbocycles. The van der Waals surface area contributed by atoms with Gasteiger partial charge in [-0.15, -0.1) is 0 Å². The summed E-state index contributed by atoms with van der Waals surface area (Å²) in [7, 11) is 0. The highest BCUT2D eigenvalue weighted by Gasteiger charge is 1.99. The van der Waals surface area contributed by atoms with E-state index in [1.807, 2.05) is 0 Å². The quantitative estimate of drug-likeness (QED) is 0.341. The molecule has 76 valence electrons. The molecule has 0 aliphatic heterocycles. The third-order valence-electron chi connectivity index (χ3n) is 1.67. The topological polar surface area (TPSA) is 69.0 Å². The van der Waals surface area contributed by atoms with Crippen LogP contribution < -0.4 is 0 Å². The SMILES string of the molecule is [N-]=[N+]=NCC#Cc1ccc(F)cc1CO. The fourth-order valence-corrected chi connectivity index (χ4v) is 1.02. The predicted octanol–water partition coefficient (Wildman–Crippen LogP) is 1.98. The summed E-state index contributed by atoms with van der Waals surface area (Å²) in [6.45, 7) is -0.220. The number of rotatable bonds is 2. The van der Waals surface area contributed by atoms with E-state index in [2.05, 4.69) is 21.9 Å². The van der Waals surface area contributed by atoms with Crippen LogP contribution in [0.5, 0.6) is 0 Å². The number of azide groups is 1. The molecule has 0 spiro atoms. The highest BCUT2D eigenvalue weighted by Crippen LogP contribution is 2.09. The second kappa shape index (κ2) is 5.66. The molecule has 0 aromatic heterocycles. The maximum atomic E-state index is 12.8. The number of hydrogen-bond acceptors (Lipinski definition) is 2. The van der Waals surface area contributed by atoms with Crippen LogP contribution in [0.1, 0.15) is 11.1 Å². The Kier molecular flexibility index (Phi) is 4.17. The highest BCUT2D eigenvalue weighted by atomic mass is 19.1. The van der Waals surface area contributed by atoms with Crippen molar-refractivity contribution in [2.75, 3.05) is 6.54 Å². The van der Waals surface area contributed by atoms with E-state index in [1.165, 1.54) is 18.2 Å². The minimum atomic E-state index is -0.417. The van der Waals surface area contributed by atoms with Gasteiger partial charge in [-0.2, -0.15) is 0 Å². The van der Waals surface area contributed by atoms with Crippen molar-refractivity contribution in [3.63, 3.8) is 0 Å². The lowest BCUT2D eigenvalue weighted by molar-refractivity contribution is 0.281. The van der Waals surface area contributed by atoms with Crippen molar-refractivity contribution >= 4 is 0 Å². The Balaban J connectivity index is 2.91. The number of benzene rings is 1. The fourth-order valence-electron chi connectivity index (χ4n) is 1.02. The molecule has 0 radical (unpaired) electrons. The van der Waals surface area contributed by atoms with Crippen molar-refractivity contribution in [1.82, 2.24) is 0 Å². The van der Waals surface area contributed by atoms with Gasteiger partial charge in [0.1, 0.15) is 5.82 Å². The minimum Gasteiger partial charge on any atom is -0.392 e. The Morgan fingerprint density at radius 3 is 3.00 bits per heavy atom. The molecular weight excluding hydrogens is 197 g/mol. The lowest BCUT2D eigenvalue weighted by Gasteiger charge is -1.99. The molecule has 1 rings (SSSR count). The average Bonchev–Trinajstić information content (AvgIpc) is 2.26. The third kappa shape index (κ3) is 3.31. The van der Waals surface area contributed by atoms with Crippen LogP contribution in [0.25, 0.3) is 10.4 Å². The molecule has 0 atom stereocenters. The van der Waals surface area contributed by atoms with Crippen molar-refractivity contribution in [1.29, 1.82) is 0 Å². The van der Waals surface area contributed by atoms with Gasteiger partial charge in [-0.1, -0.05) is 17.0 Å². The van der Waals surface area contributed by atoms with Gasteiger partial charge >= 0.3 is 0 Å². The van der Waals surface area contributed by atoms with Crippen LogP contribution >= 0.6 is 0 Å². The van der Waals surface area contributed by atoms with E-state index in [0.29, 0.717) is 11.1 Å². The molecule has 0 saturated heterocycles. The van der Waals surface area contributed by atoms with Gasteiger partial charge < -0.3 is 5.11 Å². The van der Waals surface area contributed by atoms with Crippen molar-refractivity contribution in [3.8, 4) is 11.8 Å². The first-order chi connectivity index (χ1) is 7.27. The van der Waals surface area contributed by atoms with Crippen LogP contribution in [0, 0.1) is 17.7 Å². The van der Waals surface area contributed by atoms with Gasteiger partial charge in [-0.3, -0.25) is 0 Å². The summed E-state index contributed by atoms with van der Waals surface area (Å²) in [5.74, 6) is 4.86. The molecule has 1 aromatic rings. The molecular formula is C10H8FN3O. The van der Waals surface area contributed by atoms with E-state index in [1.54, 1.807) is 0 Å². The molecule has 0 bridgehead atoms. The third-order valence-corrected chi connectivity index (χ3v) is 1.67. The molecule has 0 unspecified atom stereocenters. The van der Waals surface area contributed by atoms with Crippen LogP contribution in [0.15, 0.2) is 23.3 Å². The van der Waals surface area contributed by atoms with E-state index in [-0.39, 0.29) is 13.2 Å². The highest BCUT2D eigenvalue weighted by molar-refractivity contribution is 5.41. The standard InChI is InChI=1S/C10H8FN3O/c11-10-4-3-8(9(6-10)7-15)2-1-5-13-14-12/h3-4,6,15H,5,7H2. The van der Waals surface area contributed by atoms with Gasteiger partial charge in [-0.25, -0.2) is 4.39 Å². The second-order valence-corrected chi connectivity index (χ2v) is 2.65. The van der Waals surface area contributed by atoms with Crippen molar-refractivity contribution in [2.45, 2.75) is 6.61 Å². The van der Waals surface area contributed by atoms with Gasteiger partial charge in [0.2, 0.25) is 0 Å². The molecule has 15 heavy (non-hydrogen) atoms. The number of halogens is 1. The number of aliphatic hydroxyl groups is 1. The normalized spacial score (nSPS) is 8.67. The summed E-state index contributed by atoms with van der Waals surface area (Å²) < 4.78 is 12.8. The zero-order valence-corrected chi connectivity index (χ0v) is 7.81. The summed E-state index contributed by atoms with van der Waals surface area (Å²) in [4.78, 5) is 2.54. The van der Waals surface area contributed by atoms with Crippen molar-refractivity contribution in [3.05, 3.63) is 45.6 Å². The van der Waals surface area contributed by atoms with Crippen LogP contribution in [-0.4, -0.2) is 11.7 Å². The van der Waals surface area contributed by atoms with E-state index in [0.717, 1.165) is 0 Å². The summed E-state index contributed by atoms with van der Waals surface area (Å²) in [6.07, 6.45) is 0.